The number of nitrogens with zero attached hydrogens (tertiary/aromatic N) is 2. The maximum Gasteiger partial charge on any atom is 0.341 e. The average Bonchev–Trinajstić information content (AvgIpc) is 3.28. The molecule has 3 rings (SSSR count). The lowest BCUT2D eigenvalue weighted by Gasteiger charge is -2.09. The Hall–Kier alpha value is -2.85. The largest absolute Gasteiger partial charge is 0.462 e. The monoisotopic (exact) mass is 431 g/mol. The van der Waals surface area contributed by atoms with Crippen LogP contribution in [0.25, 0.3) is 11.1 Å². The normalized spacial score (nSPS) is 10.7. The number of nitrogens with one attached hydrogen (secondary N) is 2. The van der Waals surface area contributed by atoms with Crippen molar-refractivity contribution in [2.45, 2.75) is 25.9 Å². The number of nitrogen functional groups attached to an aromatic ring is 1. The molecule has 0 aliphatic rings. The molecule has 0 bridgehead atoms. The van der Waals surface area contributed by atoms with E-state index in [9.17, 15) is 9.59 Å². The first-order valence-electron chi connectivity index (χ1n) is 8.85. The molecule has 29 heavy (non-hydrogen) atoms. The first-order valence-corrected chi connectivity index (χ1v) is 10.7. The van der Waals surface area contributed by atoms with Crippen molar-refractivity contribution >= 4 is 45.9 Å². The lowest BCUT2D eigenvalue weighted by Crippen LogP contribution is -2.16. The second-order valence-corrected chi connectivity index (χ2v) is 8.04. The van der Waals surface area contributed by atoms with Crippen molar-refractivity contribution in [3.05, 3.63) is 40.3 Å². The maximum atomic E-state index is 12.6. The van der Waals surface area contributed by atoms with Gasteiger partial charge in [-0.05, 0) is 37.5 Å². The SMILES string of the molecule is CCOC(=O)c1c(-c2ccc(C)c(C)c2)csc1NC(=O)CSc1n[nH]c(N)n1. The van der Waals surface area contributed by atoms with E-state index in [-0.39, 0.29) is 24.2 Å². The summed E-state index contributed by atoms with van der Waals surface area (Å²) in [6, 6.07) is 5.99. The number of ether oxygens (including phenoxy) is 1. The molecular formula is C19H21N5O3S2. The van der Waals surface area contributed by atoms with Gasteiger partial charge in [-0.1, -0.05) is 30.0 Å². The van der Waals surface area contributed by atoms with Gasteiger partial charge in [0.25, 0.3) is 0 Å². The van der Waals surface area contributed by atoms with Gasteiger partial charge in [-0.2, -0.15) is 4.98 Å². The molecule has 0 atom stereocenters. The summed E-state index contributed by atoms with van der Waals surface area (Å²) in [6.07, 6.45) is 0. The van der Waals surface area contributed by atoms with Crippen LogP contribution in [0.5, 0.6) is 0 Å². The van der Waals surface area contributed by atoms with Gasteiger partial charge in [-0.15, -0.1) is 16.4 Å². The number of carbonyl (C=O) groups is 2. The molecular weight excluding hydrogens is 410 g/mol. The Morgan fingerprint density at radius 1 is 1.31 bits per heavy atom. The first kappa shape index (κ1) is 20.9. The molecule has 8 nitrogen and oxygen atoms in total. The van der Waals surface area contributed by atoms with Crippen LogP contribution in [0.2, 0.25) is 0 Å². The van der Waals surface area contributed by atoms with E-state index in [1.165, 1.54) is 16.9 Å². The van der Waals surface area contributed by atoms with Crippen molar-refractivity contribution in [1.82, 2.24) is 15.2 Å². The second kappa shape index (κ2) is 9.10. The van der Waals surface area contributed by atoms with Gasteiger partial charge in [0.1, 0.15) is 10.6 Å². The van der Waals surface area contributed by atoms with Crippen molar-refractivity contribution in [3.63, 3.8) is 0 Å². The molecule has 4 N–H and O–H groups in total. The molecule has 0 aliphatic carbocycles. The molecule has 3 aromatic rings. The Kier molecular flexibility index (Phi) is 6.55. The highest BCUT2D eigenvalue weighted by molar-refractivity contribution is 7.99. The molecule has 0 unspecified atom stereocenters. The molecule has 0 saturated heterocycles. The summed E-state index contributed by atoms with van der Waals surface area (Å²) in [5.41, 5.74) is 9.76. The summed E-state index contributed by atoms with van der Waals surface area (Å²) in [7, 11) is 0. The third-order valence-electron chi connectivity index (χ3n) is 4.16. The van der Waals surface area contributed by atoms with E-state index < -0.39 is 5.97 Å². The third kappa shape index (κ3) is 4.96. The molecule has 0 aliphatic heterocycles. The van der Waals surface area contributed by atoms with Crippen molar-refractivity contribution in [2.24, 2.45) is 0 Å². The molecule has 0 fully saturated rings. The average molecular weight is 432 g/mol. The van der Waals surface area contributed by atoms with Crippen LogP contribution in [0.15, 0.2) is 28.7 Å². The van der Waals surface area contributed by atoms with Crippen LogP contribution >= 0.6 is 23.1 Å². The molecule has 152 valence electrons. The molecule has 10 heteroatoms. The van der Waals surface area contributed by atoms with Crippen LogP contribution in [-0.4, -0.2) is 39.4 Å². The Balaban J connectivity index is 1.83. The summed E-state index contributed by atoms with van der Waals surface area (Å²) in [6.45, 7) is 6.04. The number of thioether (sulfide) groups is 1. The van der Waals surface area contributed by atoms with Gasteiger partial charge in [0.15, 0.2) is 0 Å². The number of benzene rings is 1. The lowest BCUT2D eigenvalue weighted by molar-refractivity contribution is -0.113. The predicted molar refractivity (Wildman–Crippen MR) is 115 cm³/mol. The summed E-state index contributed by atoms with van der Waals surface area (Å²) >= 11 is 2.43. The van der Waals surface area contributed by atoms with E-state index in [1.54, 1.807) is 6.92 Å². The van der Waals surface area contributed by atoms with Gasteiger partial charge < -0.3 is 15.8 Å². The number of thiophene rings is 1. The van der Waals surface area contributed by atoms with Crippen molar-refractivity contribution < 1.29 is 14.3 Å². The van der Waals surface area contributed by atoms with Gasteiger partial charge >= 0.3 is 5.97 Å². The predicted octanol–water partition coefficient (Wildman–Crippen LogP) is 3.64. The number of rotatable bonds is 7. The zero-order valence-electron chi connectivity index (χ0n) is 16.2. The van der Waals surface area contributed by atoms with Gasteiger partial charge in [-0.25, -0.2) is 9.89 Å². The molecule has 0 spiro atoms. The standard InChI is InChI=1S/C19H21N5O3S2/c1-4-27-17(26)15-13(12-6-5-10(2)11(3)7-12)8-28-16(15)21-14(25)9-29-19-22-18(20)23-24-19/h5-8H,4,9H2,1-3H3,(H,21,25)(H3,20,22,23,24). The molecule has 0 saturated carbocycles. The number of aromatic nitrogens is 3. The number of nitrogens with two attached hydrogens (primary N) is 1. The summed E-state index contributed by atoms with van der Waals surface area (Å²) in [5, 5.41) is 11.9. The summed E-state index contributed by atoms with van der Waals surface area (Å²) in [4.78, 5) is 29.0. The number of amides is 1. The van der Waals surface area contributed by atoms with Crippen molar-refractivity contribution in [2.75, 3.05) is 23.4 Å². The Morgan fingerprint density at radius 2 is 2.10 bits per heavy atom. The van der Waals surface area contributed by atoms with Gasteiger partial charge in [-0.3, -0.25) is 4.79 Å². The van der Waals surface area contributed by atoms with Crippen molar-refractivity contribution in [1.29, 1.82) is 0 Å². The van der Waals surface area contributed by atoms with Gasteiger partial charge in [0, 0.05) is 10.9 Å². The van der Waals surface area contributed by atoms with E-state index in [4.69, 9.17) is 10.5 Å². The number of hydrogen-bond acceptors (Lipinski definition) is 8. The Morgan fingerprint density at radius 3 is 2.76 bits per heavy atom. The van der Waals surface area contributed by atoms with Gasteiger partial charge in [0.2, 0.25) is 17.0 Å². The zero-order chi connectivity index (χ0) is 21.0. The lowest BCUT2D eigenvalue weighted by atomic mass is 9.99. The Bertz CT molecular complexity index is 1040. The van der Waals surface area contributed by atoms with Crippen molar-refractivity contribution in [3.8, 4) is 11.1 Å². The number of carbonyl (C=O) groups excluding carboxylic acids is 2. The molecule has 2 heterocycles. The smallest absolute Gasteiger partial charge is 0.341 e. The second-order valence-electron chi connectivity index (χ2n) is 6.21. The quantitative estimate of drug-likeness (QED) is 0.385. The summed E-state index contributed by atoms with van der Waals surface area (Å²) in [5.74, 6) is -0.478. The number of aromatic amines is 1. The number of H-pyrrole nitrogens is 1. The highest BCUT2D eigenvalue weighted by Crippen LogP contribution is 2.37. The Labute approximate surface area is 176 Å². The molecule has 2 aromatic heterocycles. The van der Waals surface area contributed by atoms with E-state index in [0.717, 1.165) is 28.5 Å². The van der Waals surface area contributed by atoms with Crippen LogP contribution in [0.3, 0.4) is 0 Å². The fraction of sp³-hybridized carbons (Fsp3) is 0.263. The van der Waals surface area contributed by atoms with E-state index in [2.05, 4.69) is 20.5 Å². The third-order valence-corrected chi connectivity index (χ3v) is 5.90. The fourth-order valence-corrected chi connectivity index (χ4v) is 4.17. The van der Waals surface area contributed by atoms with Gasteiger partial charge in [0.05, 0.1) is 12.4 Å². The maximum absolute atomic E-state index is 12.6. The minimum Gasteiger partial charge on any atom is -0.462 e. The van der Waals surface area contributed by atoms with Crippen LogP contribution < -0.4 is 11.1 Å². The topological polar surface area (TPSA) is 123 Å². The zero-order valence-corrected chi connectivity index (χ0v) is 17.9. The van der Waals surface area contributed by atoms with Crippen LogP contribution in [0.1, 0.15) is 28.4 Å². The molecule has 1 aromatic carbocycles. The first-order chi connectivity index (χ1) is 13.9. The van der Waals surface area contributed by atoms with E-state index >= 15 is 0 Å². The minimum absolute atomic E-state index is 0.0798. The van der Waals surface area contributed by atoms with Crippen LogP contribution in [-0.2, 0) is 9.53 Å². The molecule has 1 amide bonds. The number of esters is 1. The number of hydrogen-bond donors (Lipinski definition) is 3. The summed E-state index contributed by atoms with van der Waals surface area (Å²) < 4.78 is 5.23. The fourth-order valence-electron chi connectivity index (χ4n) is 2.59. The minimum atomic E-state index is -0.466. The number of anilines is 2. The highest BCUT2D eigenvalue weighted by atomic mass is 32.2. The molecule has 0 radical (unpaired) electrons. The van der Waals surface area contributed by atoms with E-state index in [0.29, 0.717) is 15.7 Å². The van der Waals surface area contributed by atoms with E-state index in [1.807, 2.05) is 37.4 Å². The number of aryl methyl sites for hydroxylation is 2. The van der Waals surface area contributed by atoms with Crippen LogP contribution in [0, 0.1) is 13.8 Å². The highest BCUT2D eigenvalue weighted by Gasteiger charge is 2.23. The van der Waals surface area contributed by atoms with Crippen LogP contribution in [0.4, 0.5) is 10.9 Å².